The molecule has 4 heteroatoms. The Bertz CT molecular complexity index is 974. The SMILES string of the molecule is CCNC(=O)C1(Cc2ccccc2-c2ccncc2)CCCN1Cc1ccccc1. The Morgan fingerprint density at radius 1 is 1.03 bits per heavy atom. The van der Waals surface area contributed by atoms with Crippen molar-refractivity contribution in [3.05, 3.63) is 90.3 Å². The largest absolute Gasteiger partial charge is 0.355 e. The van der Waals surface area contributed by atoms with Crippen LogP contribution in [0.15, 0.2) is 79.1 Å². The van der Waals surface area contributed by atoms with Gasteiger partial charge in [0.05, 0.1) is 0 Å². The van der Waals surface area contributed by atoms with Gasteiger partial charge in [0, 0.05) is 31.9 Å². The number of pyridine rings is 1. The van der Waals surface area contributed by atoms with E-state index >= 15 is 0 Å². The summed E-state index contributed by atoms with van der Waals surface area (Å²) in [5, 5.41) is 3.13. The van der Waals surface area contributed by atoms with E-state index in [1.807, 2.05) is 37.5 Å². The first-order valence-corrected chi connectivity index (χ1v) is 10.8. The van der Waals surface area contributed by atoms with Crippen molar-refractivity contribution in [1.82, 2.24) is 15.2 Å². The first kappa shape index (κ1) is 20.3. The second-order valence-electron chi connectivity index (χ2n) is 7.97. The molecule has 0 bridgehead atoms. The van der Waals surface area contributed by atoms with Crippen molar-refractivity contribution in [3.63, 3.8) is 0 Å². The van der Waals surface area contributed by atoms with Crippen molar-refractivity contribution >= 4 is 5.91 Å². The van der Waals surface area contributed by atoms with Gasteiger partial charge in [0.15, 0.2) is 0 Å². The quantitative estimate of drug-likeness (QED) is 0.638. The van der Waals surface area contributed by atoms with Crippen LogP contribution in [0.1, 0.15) is 30.9 Å². The first-order valence-electron chi connectivity index (χ1n) is 10.8. The van der Waals surface area contributed by atoms with Gasteiger partial charge in [-0.25, -0.2) is 0 Å². The summed E-state index contributed by atoms with van der Waals surface area (Å²) in [5.74, 6) is 0.142. The average molecular weight is 400 g/mol. The van der Waals surface area contributed by atoms with Gasteiger partial charge in [0.25, 0.3) is 0 Å². The van der Waals surface area contributed by atoms with Crippen molar-refractivity contribution < 1.29 is 4.79 Å². The van der Waals surface area contributed by atoms with Gasteiger partial charge in [-0.15, -0.1) is 0 Å². The molecule has 1 unspecified atom stereocenters. The van der Waals surface area contributed by atoms with Crippen LogP contribution in [0, 0.1) is 0 Å². The van der Waals surface area contributed by atoms with E-state index in [1.165, 1.54) is 16.7 Å². The molecule has 0 spiro atoms. The number of amides is 1. The summed E-state index contributed by atoms with van der Waals surface area (Å²) in [4.78, 5) is 20.0. The minimum atomic E-state index is -0.533. The van der Waals surface area contributed by atoms with Crippen molar-refractivity contribution in [2.75, 3.05) is 13.1 Å². The number of nitrogens with zero attached hydrogens (tertiary/aromatic N) is 2. The van der Waals surface area contributed by atoms with E-state index < -0.39 is 5.54 Å². The maximum atomic E-state index is 13.5. The Morgan fingerprint density at radius 2 is 1.77 bits per heavy atom. The van der Waals surface area contributed by atoms with Crippen LogP contribution in [0.5, 0.6) is 0 Å². The first-order chi connectivity index (χ1) is 14.7. The number of carbonyl (C=O) groups excluding carboxylic acids is 1. The van der Waals surface area contributed by atoms with Gasteiger partial charge < -0.3 is 5.32 Å². The Morgan fingerprint density at radius 3 is 2.53 bits per heavy atom. The molecule has 1 aliphatic heterocycles. The summed E-state index contributed by atoms with van der Waals surface area (Å²) in [6.07, 6.45) is 6.24. The van der Waals surface area contributed by atoms with E-state index in [9.17, 15) is 4.79 Å². The normalized spacial score (nSPS) is 19.0. The van der Waals surface area contributed by atoms with Crippen molar-refractivity contribution in [2.45, 2.75) is 38.3 Å². The summed E-state index contributed by atoms with van der Waals surface area (Å²) < 4.78 is 0. The monoisotopic (exact) mass is 399 g/mol. The molecule has 1 aromatic heterocycles. The van der Waals surface area contributed by atoms with Crippen LogP contribution in [-0.4, -0.2) is 34.4 Å². The van der Waals surface area contributed by atoms with E-state index in [-0.39, 0.29) is 5.91 Å². The lowest BCUT2D eigenvalue weighted by atomic mass is 9.84. The third-order valence-corrected chi connectivity index (χ3v) is 6.09. The number of rotatable bonds is 7. The van der Waals surface area contributed by atoms with Crippen LogP contribution in [0.3, 0.4) is 0 Å². The lowest BCUT2D eigenvalue weighted by Crippen LogP contribution is -2.56. The van der Waals surface area contributed by atoms with Crippen LogP contribution >= 0.6 is 0 Å². The zero-order valence-corrected chi connectivity index (χ0v) is 17.6. The predicted molar refractivity (Wildman–Crippen MR) is 121 cm³/mol. The topological polar surface area (TPSA) is 45.2 Å². The maximum absolute atomic E-state index is 13.5. The summed E-state index contributed by atoms with van der Waals surface area (Å²) in [6.45, 7) is 4.36. The minimum absolute atomic E-state index is 0.142. The molecule has 4 nitrogen and oxygen atoms in total. The third-order valence-electron chi connectivity index (χ3n) is 6.09. The zero-order valence-electron chi connectivity index (χ0n) is 17.6. The molecule has 30 heavy (non-hydrogen) atoms. The van der Waals surface area contributed by atoms with Crippen LogP contribution in [0.25, 0.3) is 11.1 Å². The second-order valence-corrected chi connectivity index (χ2v) is 7.97. The minimum Gasteiger partial charge on any atom is -0.355 e. The van der Waals surface area contributed by atoms with E-state index in [0.717, 1.165) is 31.5 Å². The lowest BCUT2D eigenvalue weighted by Gasteiger charge is -2.38. The highest BCUT2D eigenvalue weighted by molar-refractivity contribution is 5.87. The Labute approximate surface area is 179 Å². The maximum Gasteiger partial charge on any atom is 0.240 e. The van der Waals surface area contributed by atoms with Gasteiger partial charge in [-0.05, 0) is 60.7 Å². The van der Waals surface area contributed by atoms with E-state index in [0.29, 0.717) is 13.0 Å². The smallest absolute Gasteiger partial charge is 0.240 e. The molecular weight excluding hydrogens is 370 g/mol. The molecule has 2 aromatic carbocycles. The molecule has 1 aliphatic rings. The van der Waals surface area contributed by atoms with Crippen LogP contribution in [0.4, 0.5) is 0 Å². The molecule has 1 N–H and O–H groups in total. The van der Waals surface area contributed by atoms with Gasteiger partial charge >= 0.3 is 0 Å². The summed E-state index contributed by atoms with van der Waals surface area (Å²) >= 11 is 0. The fourth-order valence-corrected chi connectivity index (χ4v) is 4.63. The molecular formula is C26H29N3O. The molecule has 0 radical (unpaired) electrons. The van der Waals surface area contributed by atoms with Gasteiger partial charge in [-0.2, -0.15) is 0 Å². The number of nitrogens with one attached hydrogen (secondary N) is 1. The van der Waals surface area contributed by atoms with Crippen molar-refractivity contribution in [1.29, 1.82) is 0 Å². The number of hydrogen-bond donors (Lipinski definition) is 1. The molecule has 4 rings (SSSR count). The predicted octanol–water partition coefficient (Wildman–Crippen LogP) is 4.46. The number of hydrogen-bond acceptors (Lipinski definition) is 3. The third kappa shape index (κ3) is 4.14. The molecule has 1 saturated heterocycles. The fourth-order valence-electron chi connectivity index (χ4n) is 4.63. The van der Waals surface area contributed by atoms with Gasteiger partial charge in [-0.3, -0.25) is 14.7 Å². The second kappa shape index (κ2) is 9.23. The molecule has 0 saturated carbocycles. The highest BCUT2D eigenvalue weighted by atomic mass is 16.2. The van der Waals surface area contributed by atoms with E-state index in [1.54, 1.807) is 0 Å². The van der Waals surface area contributed by atoms with Gasteiger partial charge in [0.2, 0.25) is 5.91 Å². The number of aromatic nitrogens is 1. The molecule has 1 fully saturated rings. The molecule has 1 atom stereocenters. The lowest BCUT2D eigenvalue weighted by molar-refractivity contribution is -0.132. The molecule has 2 heterocycles. The number of carbonyl (C=O) groups is 1. The van der Waals surface area contributed by atoms with Crippen LogP contribution < -0.4 is 5.32 Å². The fraction of sp³-hybridized carbons (Fsp3) is 0.308. The number of likely N-dealkylation sites (tertiary alicyclic amines) is 1. The van der Waals surface area contributed by atoms with E-state index in [4.69, 9.17) is 0 Å². The molecule has 154 valence electrons. The molecule has 3 aromatic rings. The van der Waals surface area contributed by atoms with Crippen LogP contribution in [-0.2, 0) is 17.8 Å². The number of likely N-dealkylation sites (N-methyl/N-ethyl adjacent to an activating group) is 1. The van der Waals surface area contributed by atoms with Crippen molar-refractivity contribution in [3.8, 4) is 11.1 Å². The Kier molecular flexibility index (Phi) is 6.24. The van der Waals surface area contributed by atoms with E-state index in [2.05, 4.69) is 63.7 Å². The highest BCUT2D eigenvalue weighted by Crippen LogP contribution is 2.37. The number of benzene rings is 2. The van der Waals surface area contributed by atoms with Crippen LogP contribution in [0.2, 0.25) is 0 Å². The zero-order chi connectivity index (χ0) is 20.8. The standard InChI is InChI=1S/C26H29N3O/c1-2-28-25(30)26(15-8-18-29(26)20-21-9-4-3-5-10-21)19-23-11-6-7-12-24(23)22-13-16-27-17-14-22/h3-7,9-14,16-17H,2,8,15,18-20H2,1H3,(H,28,30). The van der Waals surface area contributed by atoms with Gasteiger partial charge in [-0.1, -0.05) is 54.6 Å². The summed E-state index contributed by atoms with van der Waals surface area (Å²) in [5.41, 5.74) is 4.23. The molecule has 1 amide bonds. The Balaban J connectivity index is 1.71. The highest BCUT2D eigenvalue weighted by Gasteiger charge is 2.47. The Hall–Kier alpha value is -2.98. The summed E-state index contributed by atoms with van der Waals surface area (Å²) in [7, 11) is 0. The van der Waals surface area contributed by atoms with Gasteiger partial charge in [0.1, 0.15) is 5.54 Å². The molecule has 0 aliphatic carbocycles. The van der Waals surface area contributed by atoms with Crippen molar-refractivity contribution in [2.24, 2.45) is 0 Å². The summed E-state index contributed by atoms with van der Waals surface area (Å²) in [6, 6.07) is 23.0. The average Bonchev–Trinajstić information content (AvgIpc) is 3.19.